The number of fused-ring (bicyclic) bond motifs is 1. The molecule has 0 spiro atoms. The lowest BCUT2D eigenvalue weighted by atomic mass is 9.99. The lowest BCUT2D eigenvalue weighted by Crippen LogP contribution is -2.39. The van der Waals surface area contributed by atoms with Gasteiger partial charge in [-0.3, -0.25) is 0 Å². The third-order valence-electron chi connectivity index (χ3n) is 6.63. The summed E-state index contributed by atoms with van der Waals surface area (Å²) in [7, 11) is 0. The summed E-state index contributed by atoms with van der Waals surface area (Å²) < 4.78 is 0. The van der Waals surface area contributed by atoms with Crippen LogP contribution in [-0.2, 0) is 12.8 Å². The van der Waals surface area contributed by atoms with Crippen LogP contribution in [0.5, 0.6) is 5.75 Å². The quantitative estimate of drug-likeness (QED) is 0.0920. The van der Waals surface area contributed by atoms with Gasteiger partial charge in [0, 0.05) is 29.7 Å². The van der Waals surface area contributed by atoms with Gasteiger partial charge in [0.2, 0.25) is 11.9 Å². The zero-order chi connectivity index (χ0) is 27.1. The summed E-state index contributed by atoms with van der Waals surface area (Å²) in [5.41, 5.74) is 25.6. The molecule has 0 aliphatic carbocycles. The standard InChI is InChI=1S/C30H37N7O/c1-20-17-21(2)19-23(18-20)28-26(25-8-3-4-9-27(25)34-28)14-16-37(30(33)36-35-29(31)32)15-6-5-7-22-10-12-24(38)13-11-22/h3-4,8-13,17-19,34,38H,5-7,14-16H2,1-2H3,(H2,33,36)(H4,31,32,35). The fraction of sp³-hybridized carbons (Fsp3) is 0.267. The van der Waals surface area contributed by atoms with E-state index in [4.69, 9.17) is 17.2 Å². The molecule has 0 aliphatic rings. The van der Waals surface area contributed by atoms with Gasteiger partial charge < -0.3 is 32.2 Å². The minimum absolute atomic E-state index is 0.131. The number of para-hydroxylation sites is 1. The van der Waals surface area contributed by atoms with Crippen LogP contribution in [0.1, 0.15) is 35.1 Å². The van der Waals surface area contributed by atoms with Crippen LogP contribution in [0.25, 0.3) is 22.2 Å². The minimum Gasteiger partial charge on any atom is -0.508 e. The van der Waals surface area contributed by atoms with Crippen LogP contribution < -0.4 is 17.2 Å². The van der Waals surface area contributed by atoms with E-state index in [2.05, 4.69) is 65.4 Å². The van der Waals surface area contributed by atoms with E-state index in [1.54, 1.807) is 12.1 Å². The molecule has 0 saturated carbocycles. The monoisotopic (exact) mass is 511 g/mol. The molecular formula is C30H37N7O. The number of phenols is 1. The Hall–Kier alpha value is -4.46. The van der Waals surface area contributed by atoms with E-state index < -0.39 is 0 Å². The highest BCUT2D eigenvalue weighted by Gasteiger charge is 2.16. The molecule has 38 heavy (non-hydrogen) atoms. The van der Waals surface area contributed by atoms with Crippen LogP contribution in [0, 0.1) is 13.8 Å². The summed E-state index contributed by atoms with van der Waals surface area (Å²) in [6.45, 7) is 5.63. The third-order valence-corrected chi connectivity index (χ3v) is 6.63. The van der Waals surface area contributed by atoms with Crippen LogP contribution in [-0.4, -0.2) is 40.0 Å². The average Bonchev–Trinajstić information content (AvgIpc) is 3.26. The van der Waals surface area contributed by atoms with Crippen LogP contribution >= 0.6 is 0 Å². The number of rotatable bonds is 10. The first-order chi connectivity index (χ1) is 18.3. The van der Waals surface area contributed by atoms with E-state index in [0.717, 1.165) is 36.9 Å². The van der Waals surface area contributed by atoms with Gasteiger partial charge in [0.1, 0.15) is 5.75 Å². The Balaban J connectivity index is 1.54. The lowest BCUT2D eigenvalue weighted by Gasteiger charge is -2.23. The number of nitrogens with zero attached hydrogens (tertiary/aromatic N) is 3. The molecule has 4 rings (SSSR count). The van der Waals surface area contributed by atoms with Crippen molar-refractivity contribution in [1.29, 1.82) is 0 Å². The number of unbranched alkanes of at least 4 members (excludes halogenated alkanes) is 1. The zero-order valence-electron chi connectivity index (χ0n) is 22.1. The predicted octanol–water partition coefficient (Wildman–Crippen LogP) is 4.53. The van der Waals surface area contributed by atoms with Gasteiger partial charge in [0.25, 0.3) is 0 Å². The van der Waals surface area contributed by atoms with Crippen molar-refractivity contribution in [2.24, 2.45) is 27.4 Å². The van der Waals surface area contributed by atoms with Gasteiger partial charge in [0.05, 0.1) is 0 Å². The molecule has 0 amide bonds. The van der Waals surface area contributed by atoms with Gasteiger partial charge in [-0.1, -0.05) is 47.5 Å². The lowest BCUT2D eigenvalue weighted by molar-refractivity contribution is 0.403. The van der Waals surface area contributed by atoms with E-state index in [1.165, 1.54) is 33.2 Å². The Labute approximate surface area is 223 Å². The van der Waals surface area contributed by atoms with Crippen LogP contribution in [0.4, 0.5) is 0 Å². The van der Waals surface area contributed by atoms with Gasteiger partial charge in [0.15, 0.2) is 0 Å². The summed E-state index contributed by atoms with van der Waals surface area (Å²) in [6, 6.07) is 22.4. The maximum atomic E-state index is 9.51. The highest BCUT2D eigenvalue weighted by molar-refractivity contribution is 5.91. The first-order valence-electron chi connectivity index (χ1n) is 12.9. The Morgan fingerprint density at radius 2 is 1.55 bits per heavy atom. The van der Waals surface area contributed by atoms with Gasteiger partial charge in [-0.15, -0.1) is 10.2 Å². The van der Waals surface area contributed by atoms with E-state index in [0.29, 0.717) is 13.1 Å². The van der Waals surface area contributed by atoms with Gasteiger partial charge >= 0.3 is 0 Å². The molecule has 0 aliphatic heterocycles. The van der Waals surface area contributed by atoms with Crippen molar-refractivity contribution in [3.8, 4) is 17.0 Å². The topological polar surface area (TPSA) is 142 Å². The number of H-pyrrole nitrogens is 1. The molecule has 0 bridgehead atoms. The second kappa shape index (κ2) is 12.2. The Morgan fingerprint density at radius 1 is 0.842 bits per heavy atom. The van der Waals surface area contributed by atoms with Crippen molar-refractivity contribution in [3.05, 3.63) is 89.0 Å². The molecule has 8 N–H and O–H groups in total. The van der Waals surface area contributed by atoms with Crippen molar-refractivity contribution in [2.45, 2.75) is 39.5 Å². The number of aromatic nitrogens is 1. The molecule has 1 aromatic heterocycles. The number of aryl methyl sites for hydroxylation is 3. The Morgan fingerprint density at radius 3 is 2.26 bits per heavy atom. The molecule has 0 radical (unpaired) electrons. The predicted molar refractivity (Wildman–Crippen MR) is 157 cm³/mol. The Bertz CT molecular complexity index is 1410. The second-order valence-corrected chi connectivity index (χ2v) is 9.74. The number of hydrogen-bond acceptors (Lipinski definition) is 3. The molecule has 8 nitrogen and oxygen atoms in total. The number of aromatic hydroxyl groups is 1. The summed E-state index contributed by atoms with van der Waals surface area (Å²) in [5, 5.41) is 18.5. The maximum absolute atomic E-state index is 9.51. The summed E-state index contributed by atoms with van der Waals surface area (Å²) in [6.07, 6.45) is 3.56. The largest absolute Gasteiger partial charge is 0.508 e. The van der Waals surface area contributed by atoms with Crippen molar-refractivity contribution in [1.82, 2.24) is 9.88 Å². The fourth-order valence-electron chi connectivity index (χ4n) is 4.88. The first kappa shape index (κ1) is 26.6. The van der Waals surface area contributed by atoms with Crippen molar-refractivity contribution in [2.75, 3.05) is 13.1 Å². The molecule has 0 atom stereocenters. The molecule has 0 saturated heterocycles. The summed E-state index contributed by atoms with van der Waals surface area (Å²) >= 11 is 0. The minimum atomic E-state index is -0.131. The van der Waals surface area contributed by atoms with Gasteiger partial charge in [-0.05, 0) is 86.6 Å². The first-order valence-corrected chi connectivity index (χ1v) is 12.9. The van der Waals surface area contributed by atoms with Gasteiger partial charge in [-0.2, -0.15) is 0 Å². The second-order valence-electron chi connectivity index (χ2n) is 9.74. The summed E-state index contributed by atoms with van der Waals surface area (Å²) in [4.78, 5) is 5.69. The van der Waals surface area contributed by atoms with Crippen molar-refractivity contribution in [3.63, 3.8) is 0 Å². The molecule has 3 aromatic carbocycles. The molecule has 0 fully saturated rings. The SMILES string of the molecule is Cc1cc(C)cc(-c2[nH]c3ccccc3c2CCN(CCCCc2ccc(O)cc2)C(N)=NN=C(N)N)c1. The molecule has 1 heterocycles. The van der Waals surface area contributed by atoms with E-state index in [9.17, 15) is 5.11 Å². The molecule has 8 heteroatoms. The Kier molecular flexibility index (Phi) is 8.53. The molecule has 0 unspecified atom stereocenters. The smallest absolute Gasteiger partial charge is 0.216 e. The van der Waals surface area contributed by atoms with Crippen LogP contribution in [0.3, 0.4) is 0 Å². The van der Waals surface area contributed by atoms with Gasteiger partial charge in [-0.25, -0.2) is 0 Å². The fourth-order valence-corrected chi connectivity index (χ4v) is 4.88. The highest BCUT2D eigenvalue weighted by atomic mass is 16.3. The number of nitrogens with two attached hydrogens (primary N) is 3. The van der Waals surface area contributed by atoms with Crippen LogP contribution in [0.15, 0.2) is 76.9 Å². The van der Waals surface area contributed by atoms with Crippen molar-refractivity contribution >= 4 is 22.8 Å². The highest BCUT2D eigenvalue weighted by Crippen LogP contribution is 2.32. The molecule has 198 valence electrons. The summed E-state index contributed by atoms with van der Waals surface area (Å²) in [5.74, 6) is 0.436. The zero-order valence-corrected chi connectivity index (χ0v) is 22.1. The third kappa shape index (κ3) is 6.85. The molecular weight excluding hydrogens is 474 g/mol. The number of hydrogen-bond donors (Lipinski definition) is 5. The molecule has 4 aromatic rings. The van der Waals surface area contributed by atoms with Crippen molar-refractivity contribution < 1.29 is 5.11 Å². The van der Waals surface area contributed by atoms with Crippen LogP contribution in [0.2, 0.25) is 0 Å². The normalized spacial score (nSPS) is 11.6. The number of phenolic OH excluding ortho intramolecular Hbond substituents is 1. The number of benzene rings is 3. The van der Waals surface area contributed by atoms with E-state index in [-0.39, 0.29) is 17.7 Å². The van der Waals surface area contributed by atoms with E-state index in [1.807, 2.05) is 23.1 Å². The number of nitrogens with one attached hydrogen (secondary N) is 1. The average molecular weight is 512 g/mol. The maximum Gasteiger partial charge on any atom is 0.216 e. The van der Waals surface area contributed by atoms with E-state index >= 15 is 0 Å². The number of aromatic amines is 1. The number of guanidine groups is 2.